The first-order chi connectivity index (χ1) is 13.6. The molecule has 0 radical (unpaired) electrons. The molecule has 0 bridgehead atoms. The lowest BCUT2D eigenvalue weighted by Crippen LogP contribution is -2.45. The van der Waals surface area contributed by atoms with Crippen LogP contribution in [0.4, 0.5) is 0 Å². The van der Waals surface area contributed by atoms with E-state index in [0.717, 1.165) is 11.6 Å². The first-order valence-corrected chi connectivity index (χ1v) is 10.4. The van der Waals surface area contributed by atoms with Gasteiger partial charge >= 0.3 is 5.69 Å². The van der Waals surface area contributed by atoms with Gasteiger partial charge in [-0.3, -0.25) is 19.5 Å². The minimum Gasteiger partial charge on any atom is -0.612 e. The maximum atomic E-state index is 13.3. The number of aryl methyl sites for hydroxylation is 1. The minimum atomic E-state index is -1.35. The van der Waals surface area contributed by atoms with Crippen LogP contribution in [-0.2, 0) is 10.9 Å². The Balaban J connectivity index is 2.23. The van der Waals surface area contributed by atoms with Crippen LogP contribution in [0, 0.1) is 32.7 Å². The Hall–Kier alpha value is -3.41. The summed E-state index contributed by atoms with van der Waals surface area (Å²) in [5, 5.41) is 49.0. The number of aromatic nitrogens is 2. The molecule has 2 atom stereocenters. The van der Waals surface area contributed by atoms with Gasteiger partial charge in [0.1, 0.15) is 0 Å². The zero-order chi connectivity index (χ0) is 21.5. The molecule has 1 aliphatic carbocycles. The third-order valence-electron chi connectivity index (χ3n) is 4.60. The second kappa shape index (κ2) is 7.54. The van der Waals surface area contributed by atoms with E-state index in [1.807, 2.05) is 6.92 Å². The van der Waals surface area contributed by atoms with Crippen molar-refractivity contribution >= 4 is 22.4 Å². The van der Waals surface area contributed by atoms with Crippen molar-refractivity contribution in [2.45, 2.75) is 18.1 Å². The van der Waals surface area contributed by atoms with Gasteiger partial charge in [0.25, 0.3) is 11.4 Å². The average molecular weight is 420 g/mol. The van der Waals surface area contributed by atoms with Crippen molar-refractivity contribution in [3.63, 3.8) is 0 Å². The quantitative estimate of drug-likeness (QED) is 0.225. The Kier molecular flexibility index (Phi) is 5.29. The number of hydrogen-bond donors (Lipinski definition) is 0. The van der Waals surface area contributed by atoms with E-state index < -0.39 is 60.5 Å². The van der Waals surface area contributed by atoms with Gasteiger partial charge in [-0.15, -0.1) is 0 Å². The van der Waals surface area contributed by atoms with Gasteiger partial charge in [0.2, 0.25) is 16.7 Å². The number of carbonyl (C=O) groups is 1. The Labute approximate surface area is 167 Å². The van der Waals surface area contributed by atoms with Crippen LogP contribution >= 0.6 is 0 Å². The lowest BCUT2D eigenvalue weighted by Gasteiger charge is -2.22. The summed E-state index contributed by atoms with van der Waals surface area (Å²) in [6, 6.07) is 6.67. The fourth-order valence-electron chi connectivity index (χ4n) is 3.26. The Bertz CT molecular complexity index is 1040. The monoisotopic (exact) mass is 420 g/mol. The van der Waals surface area contributed by atoms with Gasteiger partial charge in [0, 0.05) is 5.56 Å². The van der Waals surface area contributed by atoms with Crippen LogP contribution in [0.15, 0.2) is 40.7 Å². The van der Waals surface area contributed by atoms with Crippen LogP contribution in [0.2, 0.25) is 0 Å². The average Bonchev–Trinajstić information content (AvgIpc) is 3.03. The number of rotatable bonds is 5. The lowest BCUT2D eigenvalue weighted by molar-refractivity contribution is -0.808. The van der Waals surface area contributed by atoms with Gasteiger partial charge in [0.15, 0.2) is 5.92 Å². The third kappa shape index (κ3) is 3.53. The van der Waals surface area contributed by atoms with E-state index in [1.165, 1.54) is 0 Å². The Morgan fingerprint density at radius 1 is 1.24 bits per heavy atom. The van der Waals surface area contributed by atoms with E-state index in [0.29, 0.717) is 5.56 Å². The van der Waals surface area contributed by atoms with Crippen LogP contribution < -0.4 is 4.90 Å². The van der Waals surface area contributed by atoms with Gasteiger partial charge < -0.3 is 15.6 Å². The number of nitro groups is 1. The highest BCUT2D eigenvalue weighted by atomic mass is 32.2. The standard InChI is InChI=1S/C17H16N4O7S/c1-9-4-6-10(7-5-9)16(22)17(29(2)3)13-11(19(23)24)8-12(20(25)26)14-15(13)21(27)28-18-14/h4-8,13,17H,1-3H3. The maximum absolute atomic E-state index is 13.3. The molecule has 2 unspecified atom stereocenters. The molecule has 0 saturated carbocycles. The Morgan fingerprint density at radius 2 is 1.86 bits per heavy atom. The Morgan fingerprint density at radius 3 is 2.38 bits per heavy atom. The second-order valence-electron chi connectivity index (χ2n) is 6.64. The van der Waals surface area contributed by atoms with Gasteiger partial charge in [-0.2, -0.15) is 4.90 Å². The minimum absolute atomic E-state index is 0.0950. The molecule has 1 aliphatic rings. The van der Waals surface area contributed by atoms with Gasteiger partial charge in [-0.05, 0) is 22.7 Å². The summed E-state index contributed by atoms with van der Waals surface area (Å²) in [5.41, 5.74) is -0.912. The summed E-state index contributed by atoms with van der Waals surface area (Å²) in [7, 11) is -0.741. The molecule has 11 nitrogen and oxygen atoms in total. The predicted octanol–water partition coefficient (Wildman–Crippen LogP) is 0.801. The van der Waals surface area contributed by atoms with Crippen molar-refractivity contribution in [3.05, 3.63) is 84.3 Å². The number of allylic oxidation sites excluding steroid dienone is 2. The number of ketones is 1. The molecule has 1 aromatic carbocycles. The summed E-state index contributed by atoms with van der Waals surface area (Å²) in [6.45, 7) is 1.85. The molecular weight excluding hydrogens is 404 g/mol. The lowest BCUT2D eigenvalue weighted by atomic mass is 9.86. The second-order valence-corrected chi connectivity index (χ2v) is 8.91. The van der Waals surface area contributed by atoms with E-state index in [4.69, 9.17) is 0 Å². The van der Waals surface area contributed by atoms with Crippen molar-refractivity contribution < 1.29 is 24.2 Å². The zero-order valence-corrected chi connectivity index (χ0v) is 16.4. The summed E-state index contributed by atoms with van der Waals surface area (Å²) < 4.78 is 4.51. The highest BCUT2D eigenvalue weighted by Gasteiger charge is 2.56. The van der Waals surface area contributed by atoms with Gasteiger partial charge in [-0.1, -0.05) is 29.8 Å². The molecular formula is C17H16N4O7S. The van der Waals surface area contributed by atoms with Crippen molar-refractivity contribution in [2.24, 2.45) is 0 Å². The summed E-state index contributed by atoms with van der Waals surface area (Å²) in [4.78, 5) is 23.2. The molecule has 152 valence electrons. The summed E-state index contributed by atoms with van der Waals surface area (Å²) >= 11 is 0. The largest absolute Gasteiger partial charge is 0.612 e. The topological polar surface area (TPSA) is 162 Å². The van der Waals surface area contributed by atoms with Crippen LogP contribution in [-0.4, -0.2) is 44.2 Å². The molecule has 0 N–H and O–H groups in total. The first kappa shape index (κ1) is 20.3. The molecule has 0 fully saturated rings. The smallest absolute Gasteiger partial charge is 0.318 e. The van der Waals surface area contributed by atoms with E-state index in [2.05, 4.69) is 9.79 Å². The normalized spacial score (nSPS) is 16.9. The van der Waals surface area contributed by atoms with Gasteiger partial charge in [-0.25, -0.2) is 0 Å². The van der Waals surface area contributed by atoms with Crippen LogP contribution in [0.25, 0.3) is 0 Å². The molecule has 0 amide bonds. The van der Waals surface area contributed by atoms with Crippen molar-refractivity contribution in [3.8, 4) is 0 Å². The molecule has 0 spiro atoms. The van der Waals surface area contributed by atoms with E-state index >= 15 is 0 Å². The van der Waals surface area contributed by atoms with Crippen LogP contribution in [0.1, 0.15) is 33.2 Å². The molecule has 1 aromatic heterocycles. The van der Waals surface area contributed by atoms with E-state index in [-0.39, 0.29) is 4.90 Å². The van der Waals surface area contributed by atoms with E-state index in [1.54, 1.807) is 36.8 Å². The molecule has 3 rings (SSSR count). The molecule has 1 heterocycles. The number of nitrogens with zero attached hydrogens (tertiary/aromatic N) is 4. The summed E-state index contributed by atoms with van der Waals surface area (Å²) in [5.74, 6) is -1.76. The zero-order valence-electron chi connectivity index (χ0n) is 15.6. The molecule has 0 saturated heterocycles. The third-order valence-corrected chi connectivity index (χ3v) is 6.10. The number of benzene rings is 1. The van der Waals surface area contributed by atoms with Crippen LogP contribution in [0.5, 0.6) is 0 Å². The fourth-order valence-corrected chi connectivity index (χ4v) is 4.63. The number of fused-ring (bicyclic) bond motifs is 1. The fraction of sp³-hybridized carbons (Fsp3) is 0.294. The molecule has 2 aromatic rings. The molecule has 12 heteroatoms. The number of Topliss-reactive ketones (excluding diaryl/α,β-unsaturated/α-hetero) is 1. The number of hydrogen-bond acceptors (Lipinski definition) is 8. The highest BCUT2D eigenvalue weighted by Crippen LogP contribution is 2.37. The van der Waals surface area contributed by atoms with Crippen molar-refractivity contribution in [1.29, 1.82) is 0 Å². The maximum Gasteiger partial charge on any atom is 0.318 e. The number of carbonyl (C=O) groups excluding carboxylic acids is 1. The first-order valence-electron chi connectivity index (χ1n) is 8.28. The van der Waals surface area contributed by atoms with Gasteiger partial charge in [0.05, 0.1) is 28.7 Å². The van der Waals surface area contributed by atoms with Crippen molar-refractivity contribution in [2.75, 3.05) is 12.5 Å². The van der Waals surface area contributed by atoms with Crippen LogP contribution in [0.3, 0.4) is 0 Å². The SMILES string of the molecule is Cc1ccc(C(=O)C(C2C([N+](=O)[O-])=CC(=[N+]([O-])[O-])c3no[n+]([O-])c32)[S+](C)C)cc1. The highest BCUT2D eigenvalue weighted by molar-refractivity contribution is 7.96. The summed E-state index contributed by atoms with van der Waals surface area (Å²) in [6.07, 6.45) is 4.17. The molecule has 0 aliphatic heterocycles. The predicted molar refractivity (Wildman–Crippen MR) is 103 cm³/mol. The molecule has 29 heavy (non-hydrogen) atoms. The van der Waals surface area contributed by atoms with Crippen molar-refractivity contribution in [1.82, 2.24) is 5.16 Å². The van der Waals surface area contributed by atoms with E-state index in [9.17, 15) is 30.5 Å².